The number of carbonyl (C=O) groups excluding carboxylic acids is 1. The topological polar surface area (TPSA) is 123 Å². The lowest BCUT2D eigenvalue weighted by Crippen LogP contribution is -2.45. The molecule has 0 bridgehead atoms. The Kier molecular flexibility index (Phi) is 4.84. The molecule has 0 radical (unpaired) electrons. The van der Waals surface area contributed by atoms with E-state index >= 15 is 0 Å². The lowest BCUT2D eigenvalue weighted by atomic mass is 10.1. The fourth-order valence-corrected chi connectivity index (χ4v) is 1.40. The zero-order chi connectivity index (χ0) is 15.3. The van der Waals surface area contributed by atoms with E-state index < -0.39 is 16.4 Å². The minimum atomic E-state index is -1.14. The van der Waals surface area contributed by atoms with E-state index in [1.807, 2.05) is 6.92 Å². The van der Waals surface area contributed by atoms with Gasteiger partial charge in [-0.25, -0.2) is 4.98 Å². The largest absolute Gasteiger partial charge is 0.370 e. The van der Waals surface area contributed by atoms with Crippen LogP contribution in [0, 0.1) is 10.1 Å². The van der Waals surface area contributed by atoms with Gasteiger partial charge in [-0.15, -0.1) is 0 Å². The van der Waals surface area contributed by atoms with E-state index in [0.29, 0.717) is 12.4 Å². The third kappa shape index (κ3) is 3.81. The van der Waals surface area contributed by atoms with E-state index in [0.717, 1.165) is 6.42 Å². The highest BCUT2D eigenvalue weighted by Gasteiger charge is 2.28. The van der Waals surface area contributed by atoms with Gasteiger partial charge in [0.1, 0.15) is 11.4 Å². The molecule has 0 aliphatic rings. The van der Waals surface area contributed by atoms with Crippen molar-refractivity contribution < 1.29 is 9.72 Å². The lowest BCUT2D eigenvalue weighted by molar-refractivity contribution is -0.384. The Balaban J connectivity index is 3.12. The van der Waals surface area contributed by atoms with E-state index in [2.05, 4.69) is 15.6 Å². The zero-order valence-corrected chi connectivity index (χ0v) is 11.8. The maximum Gasteiger partial charge on any atom is 0.311 e. The summed E-state index contributed by atoms with van der Waals surface area (Å²) in [5.74, 6) is -0.111. The number of nitrogens with two attached hydrogens (primary N) is 1. The fraction of sp³-hybridized carbons (Fsp3) is 0.500. The quantitative estimate of drug-likeness (QED) is 0.514. The van der Waals surface area contributed by atoms with Crippen LogP contribution in [0.5, 0.6) is 0 Å². The van der Waals surface area contributed by atoms with E-state index in [1.54, 1.807) is 0 Å². The summed E-state index contributed by atoms with van der Waals surface area (Å²) in [6.07, 6.45) is 0.897. The second-order valence-corrected chi connectivity index (χ2v) is 4.86. The first kappa shape index (κ1) is 15.7. The van der Waals surface area contributed by atoms with Gasteiger partial charge < -0.3 is 16.4 Å². The third-order valence-corrected chi connectivity index (χ3v) is 2.67. The summed E-state index contributed by atoms with van der Waals surface area (Å²) in [6.45, 7) is 5.76. The SMILES string of the molecule is CCCNc1ccc([N+](=O)[O-])c(NC(C)(C)C(N)=O)n1. The molecule has 8 heteroatoms. The number of anilines is 2. The smallest absolute Gasteiger partial charge is 0.311 e. The van der Waals surface area contributed by atoms with E-state index in [4.69, 9.17) is 5.73 Å². The Hall–Kier alpha value is -2.38. The van der Waals surface area contributed by atoms with Crippen molar-refractivity contribution in [1.29, 1.82) is 0 Å². The molecule has 0 unspecified atom stereocenters. The summed E-state index contributed by atoms with van der Waals surface area (Å²) < 4.78 is 0. The van der Waals surface area contributed by atoms with Crippen LogP contribution in [0.3, 0.4) is 0 Å². The molecule has 0 atom stereocenters. The van der Waals surface area contributed by atoms with Crippen LogP contribution in [0.2, 0.25) is 0 Å². The van der Waals surface area contributed by atoms with Crippen molar-refractivity contribution in [3.05, 3.63) is 22.2 Å². The van der Waals surface area contributed by atoms with Crippen molar-refractivity contribution in [2.24, 2.45) is 5.73 Å². The van der Waals surface area contributed by atoms with Gasteiger partial charge in [-0.3, -0.25) is 14.9 Å². The van der Waals surface area contributed by atoms with Crippen LogP contribution in [-0.4, -0.2) is 27.9 Å². The molecule has 1 heterocycles. The van der Waals surface area contributed by atoms with Gasteiger partial charge in [0.15, 0.2) is 0 Å². The molecule has 110 valence electrons. The molecule has 1 rings (SSSR count). The molecule has 20 heavy (non-hydrogen) atoms. The highest BCUT2D eigenvalue weighted by atomic mass is 16.6. The summed E-state index contributed by atoms with van der Waals surface area (Å²) >= 11 is 0. The number of pyridine rings is 1. The van der Waals surface area contributed by atoms with Crippen molar-refractivity contribution in [2.45, 2.75) is 32.7 Å². The molecule has 0 aliphatic carbocycles. The van der Waals surface area contributed by atoms with Gasteiger partial charge in [0.25, 0.3) is 0 Å². The maximum absolute atomic E-state index is 11.3. The molecule has 0 aliphatic heterocycles. The van der Waals surface area contributed by atoms with Gasteiger partial charge in [-0.05, 0) is 26.3 Å². The normalized spacial score (nSPS) is 10.9. The number of nitrogens with zero attached hydrogens (tertiary/aromatic N) is 2. The summed E-state index contributed by atoms with van der Waals surface area (Å²) in [5, 5.41) is 16.7. The Labute approximate surface area is 116 Å². The molecule has 0 saturated heterocycles. The fourth-order valence-electron chi connectivity index (χ4n) is 1.40. The van der Waals surface area contributed by atoms with E-state index in [-0.39, 0.29) is 11.5 Å². The van der Waals surface area contributed by atoms with Crippen molar-refractivity contribution in [3.63, 3.8) is 0 Å². The number of nitrogens with one attached hydrogen (secondary N) is 2. The molecule has 0 saturated carbocycles. The number of primary amides is 1. The van der Waals surface area contributed by atoms with Crippen molar-refractivity contribution >= 4 is 23.2 Å². The molecule has 0 aromatic carbocycles. The predicted octanol–water partition coefficient (Wildman–Crippen LogP) is 1.49. The van der Waals surface area contributed by atoms with Crippen LogP contribution < -0.4 is 16.4 Å². The molecule has 1 amide bonds. The second kappa shape index (κ2) is 6.18. The summed E-state index contributed by atoms with van der Waals surface area (Å²) in [6, 6.07) is 2.86. The predicted molar refractivity (Wildman–Crippen MR) is 76.6 cm³/mol. The Morgan fingerprint density at radius 1 is 1.50 bits per heavy atom. The number of aromatic nitrogens is 1. The summed E-state index contributed by atoms with van der Waals surface area (Å²) in [4.78, 5) is 25.9. The number of rotatable bonds is 7. The molecule has 4 N–H and O–H groups in total. The van der Waals surface area contributed by atoms with E-state index in [9.17, 15) is 14.9 Å². The number of carbonyl (C=O) groups is 1. The average Bonchev–Trinajstić information content (AvgIpc) is 2.35. The summed E-state index contributed by atoms with van der Waals surface area (Å²) in [7, 11) is 0. The van der Waals surface area contributed by atoms with Crippen LogP contribution in [0.25, 0.3) is 0 Å². The van der Waals surface area contributed by atoms with Gasteiger partial charge in [0.05, 0.1) is 4.92 Å². The molecule has 0 fully saturated rings. The number of nitro groups is 1. The van der Waals surface area contributed by atoms with Gasteiger partial charge >= 0.3 is 5.69 Å². The van der Waals surface area contributed by atoms with Gasteiger partial charge in [-0.2, -0.15) is 0 Å². The highest BCUT2D eigenvalue weighted by Crippen LogP contribution is 2.26. The lowest BCUT2D eigenvalue weighted by Gasteiger charge is -2.23. The van der Waals surface area contributed by atoms with Crippen molar-refractivity contribution in [2.75, 3.05) is 17.2 Å². The van der Waals surface area contributed by atoms with E-state index in [1.165, 1.54) is 26.0 Å². The second-order valence-electron chi connectivity index (χ2n) is 4.86. The van der Waals surface area contributed by atoms with Gasteiger partial charge in [-0.1, -0.05) is 6.92 Å². The van der Waals surface area contributed by atoms with Crippen LogP contribution in [0.15, 0.2) is 12.1 Å². The minimum absolute atomic E-state index is 0.0138. The first-order valence-corrected chi connectivity index (χ1v) is 6.25. The van der Waals surface area contributed by atoms with Crippen LogP contribution in [0.1, 0.15) is 27.2 Å². The van der Waals surface area contributed by atoms with Crippen molar-refractivity contribution in [1.82, 2.24) is 4.98 Å². The van der Waals surface area contributed by atoms with Gasteiger partial charge in [0.2, 0.25) is 11.7 Å². The standard InChI is InChI=1S/C12H19N5O3/c1-4-7-14-9-6-5-8(17(19)20)10(15-9)16-12(2,3)11(13)18/h5-6H,4,7H2,1-3H3,(H2,13,18)(H2,14,15,16). The molecule has 8 nitrogen and oxygen atoms in total. The molecule has 1 aromatic rings. The zero-order valence-electron chi connectivity index (χ0n) is 11.8. The number of hydrogen-bond acceptors (Lipinski definition) is 6. The van der Waals surface area contributed by atoms with Crippen LogP contribution >= 0.6 is 0 Å². The number of amides is 1. The van der Waals surface area contributed by atoms with Crippen LogP contribution in [0.4, 0.5) is 17.3 Å². The maximum atomic E-state index is 11.3. The van der Waals surface area contributed by atoms with Crippen molar-refractivity contribution in [3.8, 4) is 0 Å². The average molecular weight is 281 g/mol. The van der Waals surface area contributed by atoms with Gasteiger partial charge in [0, 0.05) is 12.6 Å². The molecular formula is C12H19N5O3. The molecule has 0 spiro atoms. The molecule has 1 aromatic heterocycles. The summed E-state index contributed by atoms with van der Waals surface area (Å²) in [5.41, 5.74) is 3.90. The first-order valence-electron chi connectivity index (χ1n) is 6.25. The monoisotopic (exact) mass is 281 g/mol. The Morgan fingerprint density at radius 3 is 2.65 bits per heavy atom. The molecular weight excluding hydrogens is 262 g/mol. The Bertz CT molecular complexity index is 516. The first-order chi connectivity index (χ1) is 9.27. The van der Waals surface area contributed by atoms with Crippen LogP contribution in [-0.2, 0) is 4.79 Å². The Morgan fingerprint density at radius 2 is 2.15 bits per heavy atom. The third-order valence-electron chi connectivity index (χ3n) is 2.67. The minimum Gasteiger partial charge on any atom is -0.370 e. The highest BCUT2D eigenvalue weighted by molar-refractivity contribution is 5.87. The number of hydrogen-bond donors (Lipinski definition) is 3.